The molecule has 26 heavy (non-hydrogen) atoms. The van der Waals surface area contributed by atoms with E-state index >= 15 is 0 Å². The van der Waals surface area contributed by atoms with Gasteiger partial charge in [0.2, 0.25) is 0 Å². The first kappa shape index (κ1) is 23.0. The quantitative estimate of drug-likeness (QED) is 0.590. The first-order valence-electron chi connectivity index (χ1n) is 10.0. The van der Waals surface area contributed by atoms with Crippen LogP contribution in [0.5, 0.6) is 0 Å². The number of ether oxygens (including phenoxy) is 2. The second-order valence-electron chi connectivity index (χ2n) is 10.7. The van der Waals surface area contributed by atoms with E-state index in [2.05, 4.69) is 13.8 Å². The number of hydrogen-bond donors (Lipinski definition) is 0. The van der Waals surface area contributed by atoms with Crippen molar-refractivity contribution in [3.8, 4) is 0 Å². The van der Waals surface area contributed by atoms with Crippen molar-refractivity contribution in [1.82, 2.24) is 0 Å². The molecule has 0 aliphatic heterocycles. The van der Waals surface area contributed by atoms with Crippen LogP contribution in [0.1, 0.15) is 88.0 Å². The second-order valence-corrected chi connectivity index (χ2v) is 10.7. The van der Waals surface area contributed by atoms with Gasteiger partial charge in [0.15, 0.2) is 6.61 Å². The monoisotopic (exact) mass is 368 g/mol. The summed E-state index contributed by atoms with van der Waals surface area (Å²) in [4.78, 5) is 24.8. The van der Waals surface area contributed by atoms with E-state index < -0.39 is 11.6 Å². The maximum atomic E-state index is 12.5. The topological polar surface area (TPSA) is 52.6 Å². The zero-order valence-electron chi connectivity index (χ0n) is 18.4. The van der Waals surface area contributed by atoms with E-state index in [1.54, 1.807) is 0 Å². The Morgan fingerprint density at radius 3 is 2.15 bits per heavy atom. The van der Waals surface area contributed by atoms with Gasteiger partial charge in [-0.3, -0.25) is 4.79 Å². The second kappa shape index (κ2) is 8.31. The summed E-state index contributed by atoms with van der Waals surface area (Å²) in [5.41, 5.74) is -0.457. The third kappa shape index (κ3) is 6.59. The molecule has 152 valence electrons. The molecule has 0 spiro atoms. The molecule has 0 aromatic heterocycles. The largest absolute Gasteiger partial charge is 0.457 e. The van der Waals surface area contributed by atoms with Crippen molar-refractivity contribution in [1.29, 1.82) is 0 Å². The zero-order chi connectivity index (χ0) is 20.3. The maximum absolute atomic E-state index is 12.5. The third-order valence-electron chi connectivity index (χ3n) is 5.75. The highest BCUT2D eigenvalue weighted by atomic mass is 16.6. The van der Waals surface area contributed by atoms with Crippen LogP contribution in [-0.2, 0) is 19.1 Å². The fraction of sp³-hybridized carbons (Fsp3) is 0.909. The minimum absolute atomic E-state index is 0.152. The highest BCUT2D eigenvalue weighted by Gasteiger charge is 2.40. The summed E-state index contributed by atoms with van der Waals surface area (Å²) in [7, 11) is 0. The molecule has 2 unspecified atom stereocenters. The molecule has 1 rings (SSSR count). The van der Waals surface area contributed by atoms with E-state index in [4.69, 9.17) is 9.47 Å². The van der Waals surface area contributed by atoms with Crippen molar-refractivity contribution in [3.63, 3.8) is 0 Å². The molecular formula is C22H40O4. The minimum atomic E-state index is -0.539. The molecule has 1 aliphatic rings. The van der Waals surface area contributed by atoms with Gasteiger partial charge in [-0.2, -0.15) is 0 Å². The SMILES string of the molecule is CC(C)C(C(=O)OCC(=O)OC(C)(C)C1CCCC(C)(C)C1)C(C)(C)C. The van der Waals surface area contributed by atoms with E-state index in [1.807, 2.05) is 48.5 Å². The molecule has 0 amide bonds. The average Bonchev–Trinajstić information content (AvgIpc) is 2.41. The fourth-order valence-electron chi connectivity index (χ4n) is 4.54. The molecule has 0 radical (unpaired) electrons. The first-order chi connectivity index (χ1) is 11.7. The molecule has 4 nitrogen and oxygen atoms in total. The van der Waals surface area contributed by atoms with Gasteiger partial charge in [0.25, 0.3) is 0 Å². The van der Waals surface area contributed by atoms with E-state index in [-0.39, 0.29) is 35.2 Å². The number of rotatable bonds is 6. The van der Waals surface area contributed by atoms with Crippen molar-refractivity contribution in [2.45, 2.75) is 93.6 Å². The average molecular weight is 369 g/mol. The van der Waals surface area contributed by atoms with Gasteiger partial charge < -0.3 is 9.47 Å². The van der Waals surface area contributed by atoms with Crippen molar-refractivity contribution < 1.29 is 19.1 Å². The van der Waals surface area contributed by atoms with E-state index in [0.29, 0.717) is 5.92 Å². The summed E-state index contributed by atoms with van der Waals surface area (Å²) in [6.07, 6.45) is 4.50. The van der Waals surface area contributed by atoms with Crippen LogP contribution in [0.15, 0.2) is 0 Å². The molecule has 0 saturated heterocycles. The van der Waals surface area contributed by atoms with Gasteiger partial charge in [0.1, 0.15) is 5.60 Å². The Morgan fingerprint density at radius 1 is 1.12 bits per heavy atom. The van der Waals surface area contributed by atoms with Crippen LogP contribution in [0.4, 0.5) is 0 Å². The highest BCUT2D eigenvalue weighted by molar-refractivity contribution is 5.78. The molecule has 1 fully saturated rings. The summed E-state index contributed by atoms with van der Waals surface area (Å²) < 4.78 is 11.0. The van der Waals surface area contributed by atoms with Gasteiger partial charge in [0.05, 0.1) is 5.92 Å². The Balaban J connectivity index is 2.61. The fourth-order valence-corrected chi connectivity index (χ4v) is 4.54. The van der Waals surface area contributed by atoms with E-state index in [9.17, 15) is 9.59 Å². The molecule has 0 bridgehead atoms. The molecule has 1 aliphatic carbocycles. The van der Waals surface area contributed by atoms with Gasteiger partial charge in [0, 0.05) is 0 Å². The lowest BCUT2D eigenvalue weighted by molar-refractivity contribution is -0.177. The Hall–Kier alpha value is -1.06. The van der Waals surface area contributed by atoms with Crippen LogP contribution < -0.4 is 0 Å². The summed E-state index contributed by atoms with van der Waals surface area (Å²) in [5, 5.41) is 0. The lowest BCUT2D eigenvalue weighted by atomic mass is 9.67. The summed E-state index contributed by atoms with van der Waals surface area (Å²) in [6.45, 7) is 18.3. The number of carbonyl (C=O) groups excluding carboxylic acids is 2. The van der Waals surface area contributed by atoms with Crippen LogP contribution >= 0.6 is 0 Å². The Morgan fingerprint density at radius 2 is 1.69 bits per heavy atom. The predicted octanol–water partition coefficient (Wildman–Crippen LogP) is 5.39. The summed E-state index contributed by atoms with van der Waals surface area (Å²) in [5.74, 6) is -0.532. The van der Waals surface area contributed by atoms with Crippen LogP contribution in [0.25, 0.3) is 0 Å². The molecule has 0 aromatic rings. The lowest BCUT2D eigenvalue weighted by Crippen LogP contribution is -2.42. The Kier molecular flexibility index (Phi) is 7.34. The van der Waals surface area contributed by atoms with Gasteiger partial charge in [-0.15, -0.1) is 0 Å². The third-order valence-corrected chi connectivity index (χ3v) is 5.75. The van der Waals surface area contributed by atoms with Gasteiger partial charge in [-0.25, -0.2) is 4.79 Å². The molecular weight excluding hydrogens is 328 g/mol. The molecule has 0 aromatic carbocycles. The van der Waals surface area contributed by atoms with Crippen LogP contribution in [0.2, 0.25) is 0 Å². The van der Waals surface area contributed by atoms with E-state index in [1.165, 1.54) is 6.42 Å². The summed E-state index contributed by atoms with van der Waals surface area (Å²) >= 11 is 0. The van der Waals surface area contributed by atoms with Crippen LogP contribution in [0, 0.1) is 28.6 Å². The maximum Gasteiger partial charge on any atom is 0.344 e. The van der Waals surface area contributed by atoms with Gasteiger partial charge in [-0.1, -0.05) is 54.9 Å². The predicted molar refractivity (Wildman–Crippen MR) is 105 cm³/mol. The number of carbonyl (C=O) groups is 2. The van der Waals surface area contributed by atoms with Crippen LogP contribution in [0.3, 0.4) is 0 Å². The number of esters is 2. The summed E-state index contributed by atoms with van der Waals surface area (Å²) in [6, 6.07) is 0. The normalized spacial score (nSPS) is 22.0. The standard InChI is InChI=1S/C22H40O4/c1-15(2)18(20(3,4)5)19(24)25-14-17(23)26-22(8,9)16-11-10-12-21(6,7)13-16/h15-16,18H,10-14H2,1-9H3. The lowest BCUT2D eigenvalue weighted by Gasteiger charge is -2.42. The van der Waals surface area contributed by atoms with Crippen molar-refractivity contribution in [3.05, 3.63) is 0 Å². The molecule has 0 heterocycles. The first-order valence-corrected chi connectivity index (χ1v) is 10.0. The minimum Gasteiger partial charge on any atom is -0.457 e. The van der Waals surface area contributed by atoms with Crippen molar-refractivity contribution in [2.24, 2.45) is 28.6 Å². The number of hydrogen-bond acceptors (Lipinski definition) is 4. The molecule has 1 saturated carbocycles. The van der Waals surface area contributed by atoms with E-state index in [0.717, 1.165) is 19.3 Å². The Bertz CT molecular complexity index is 497. The molecule has 4 heteroatoms. The smallest absolute Gasteiger partial charge is 0.344 e. The zero-order valence-corrected chi connectivity index (χ0v) is 18.4. The van der Waals surface area contributed by atoms with Crippen molar-refractivity contribution in [2.75, 3.05) is 6.61 Å². The molecule has 2 atom stereocenters. The van der Waals surface area contributed by atoms with Crippen LogP contribution in [-0.4, -0.2) is 24.1 Å². The molecule has 0 N–H and O–H groups in total. The van der Waals surface area contributed by atoms with Gasteiger partial charge >= 0.3 is 11.9 Å². The van der Waals surface area contributed by atoms with Crippen molar-refractivity contribution >= 4 is 11.9 Å². The van der Waals surface area contributed by atoms with Gasteiger partial charge in [-0.05, 0) is 55.8 Å². The highest BCUT2D eigenvalue weighted by Crippen LogP contribution is 2.44. The Labute approximate surface area is 160 Å².